The van der Waals surface area contributed by atoms with Crippen molar-refractivity contribution in [3.8, 4) is 118 Å². The summed E-state index contributed by atoms with van der Waals surface area (Å²) in [6, 6.07) is 139. The van der Waals surface area contributed by atoms with E-state index < -0.39 is 0 Å². The van der Waals surface area contributed by atoms with Gasteiger partial charge in [0.1, 0.15) is 0 Å². The van der Waals surface area contributed by atoms with Crippen LogP contribution in [0.15, 0.2) is 401 Å². The van der Waals surface area contributed by atoms with Crippen molar-refractivity contribution in [1.29, 1.82) is 0 Å². The van der Waals surface area contributed by atoms with Crippen molar-refractivity contribution < 1.29 is 58.4 Å². The number of aromatic nitrogens is 9. The molecule has 0 N–H and O–H groups in total. The van der Waals surface area contributed by atoms with Crippen LogP contribution in [0, 0.1) is 57.2 Å². The second kappa shape index (κ2) is 42.4. The zero-order chi connectivity index (χ0) is 73.7. The van der Waals surface area contributed by atoms with Crippen LogP contribution in [0.1, 0.15) is 17.0 Å². The summed E-state index contributed by atoms with van der Waals surface area (Å²) >= 11 is 0. The van der Waals surface area contributed by atoms with Crippen molar-refractivity contribution in [3.63, 3.8) is 0 Å². The normalized spacial score (nSPS) is 10.1. The first-order chi connectivity index (χ1) is 53.3. The Morgan fingerprint density at radius 2 is 0.577 bits per heavy atom. The first-order valence-electron chi connectivity index (χ1n) is 35.5. The SMILES string of the molecule is Cc1c[c-]c(-c2ccccn2)cc1.Cc1nn(-c2[c-]cccc2)c(C)c1-c1ccc(-c2ccccc2)cc1.[Rh+2].[Rh+2].[Rh+2].[c-]1ccccc1-c1ccccn1.[c-]1ccccc1-c1ccccn1.[c-]1ccccc1-n1cc(-c2ccc(-c3ccccc3)cc2)cn1.[c-]1ccccc1-n1cc(-c2ccc(-c3ccccc3)cc2)cn1. The fraction of sp³-hybridized carbons (Fsp3) is 0.0303. The molecule has 9 nitrogen and oxygen atoms in total. The molecule has 543 valence electrons. The van der Waals surface area contributed by atoms with E-state index in [1.54, 1.807) is 18.6 Å². The van der Waals surface area contributed by atoms with E-state index in [4.69, 9.17) is 5.10 Å². The molecule has 111 heavy (non-hydrogen) atoms. The van der Waals surface area contributed by atoms with Crippen LogP contribution >= 0.6 is 0 Å². The first kappa shape index (κ1) is 81.1. The maximum absolute atomic E-state index is 4.72. The largest absolute Gasteiger partial charge is 2.00 e. The fourth-order valence-corrected chi connectivity index (χ4v) is 11.8. The van der Waals surface area contributed by atoms with Gasteiger partial charge in [0.25, 0.3) is 0 Å². The number of benzene rings is 12. The molecule has 0 fully saturated rings. The van der Waals surface area contributed by atoms with Crippen molar-refractivity contribution in [2.75, 3.05) is 0 Å². The van der Waals surface area contributed by atoms with E-state index >= 15 is 0 Å². The number of rotatable bonds is 12. The molecule has 3 radical (unpaired) electrons. The van der Waals surface area contributed by atoms with Crippen LogP contribution in [-0.2, 0) is 58.4 Å². The molecule has 6 aromatic heterocycles. The monoisotopic (exact) mass is 1700 g/mol. The molecule has 0 bridgehead atoms. The van der Waals surface area contributed by atoms with E-state index in [1.807, 2.05) is 245 Å². The van der Waals surface area contributed by atoms with E-state index in [9.17, 15) is 0 Å². The summed E-state index contributed by atoms with van der Waals surface area (Å²) in [6.45, 7) is 6.23. The average molecular weight is 1700 g/mol. The maximum Gasteiger partial charge on any atom is 2.00 e. The Balaban J connectivity index is 0.000000144. The minimum atomic E-state index is 0. The molecular formula is C99H75N9Rh3. The number of aryl methyl sites for hydroxylation is 2. The fourth-order valence-electron chi connectivity index (χ4n) is 11.8. The average Bonchev–Trinajstić information content (AvgIpc) is 1.65. The number of para-hydroxylation sites is 3. The van der Waals surface area contributed by atoms with E-state index in [-0.39, 0.29) is 58.4 Å². The minimum Gasteiger partial charge on any atom is -0.305 e. The van der Waals surface area contributed by atoms with Gasteiger partial charge in [-0.15, -0.1) is 125 Å². The quantitative estimate of drug-likeness (QED) is 0.0894. The summed E-state index contributed by atoms with van der Waals surface area (Å²) in [5.74, 6) is 0. The van der Waals surface area contributed by atoms with Gasteiger partial charge in [0.05, 0.1) is 18.1 Å². The van der Waals surface area contributed by atoms with Crippen molar-refractivity contribution in [1.82, 2.24) is 44.3 Å². The topological polar surface area (TPSA) is 92.1 Å². The molecule has 0 aliphatic rings. The second-order valence-electron chi connectivity index (χ2n) is 24.9. The molecule has 0 aliphatic heterocycles. The summed E-state index contributed by atoms with van der Waals surface area (Å²) in [6.07, 6.45) is 13.2. The summed E-state index contributed by atoms with van der Waals surface area (Å²) in [7, 11) is 0. The van der Waals surface area contributed by atoms with Crippen molar-refractivity contribution in [2.45, 2.75) is 20.8 Å². The van der Waals surface area contributed by atoms with Gasteiger partial charge in [-0.25, -0.2) is 0 Å². The molecule has 6 heterocycles. The maximum atomic E-state index is 4.72. The van der Waals surface area contributed by atoms with Crippen LogP contribution in [0.4, 0.5) is 0 Å². The van der Waals surface area contributed by atoms with Crippen LogP contribution in [0.25, 0.3) is 118 Å². The van der Waals surface area contributed by atoms with Crippen LogP contribution < -0.4 is 0 Å². The van der Waals surface area contributed by atoms with Crippen LogP contribution in [0.3, 0.4) is 0 Å². The first-order valence-corrected chi connectivity index (χ1v) is 35.5. The van der Waals surface area contributed by atoms with Gasteiger partial charge in [0, 0.05) is 53.4 Å². The van der Waals surface area contributed by atoms with E-state index in [2.05, 4.69) is 234 Å². The van der Waals surface area contributed by atoms with Gasteiger partial charge in [-0.2, -0.15) is 88.1 Å². The Hall–Kier alpha value is -12.4. The van der Waals surface area contributed by atoms with Crippen LogP contribution in [-0.4, -0.2) is 44.3 Å². The van der Waals surface area contributed by atoms with Crippen molar-refractivity contribution >= 4 is 0 Å². The summed E-state index contributed by atoms with van der Waals surface area (Å²) in [5.41, 5.74) is 26.5. The van der Waals surface area contributed by atoms with E-state index in [0.717, 1.165) is 84.5 Å². The predicted molar refractivity (Wildman–Crippen MR) is 440 cm³/mol. The molecule has 0 amide bonds. The zero-order valence-electron chi connectivity index (χ0n) is 61.1. The Morgan fingerprint density at radius 3 is 0.901 bits per heavy atom. The summed E-state index contributed by atoms with van der Waals surface area (Å²) in [4.78, 5) is 12.7. The number of nitrogens with zero attached hydrogens (tertiary/aromatic N) is 9. The third-order valence-electron chi connectivity index (χ3n) is 17.4. The molecule has 18 rings (SSSR count). The molecule has 0 aliphatic carbocycles. The molecule has 0 spiro atoms. The number of hydrogen-bond donors (Lipinski definition) is 0. The molecular weight excluding hydrogens is 1620 g/mol. The number of pyridine rings is 3. The van der Waals surface area contributed by atoms with Gasteiger partial charge in [-0.1, -0.05) is 207 Å². The Labute approximate surface area is 690 Å². The van der Waals surface area contributed by atoms with Gasteiger partial charge in [0.15, 0.2) is 0 Å². The molecule has 0 saturated carbocycles. The third-order valence-corrected chi connectivity index (χ3v) is 17.4. The molecule has 0 atom stereocenters. The van der Waals surface area contributed by atoms with Crippen molar-refractivity contribution in [3.05, 3.63) is 455 Å². The third kappa shape index (κ3) is 22.8. The van der Waals surface area contributed by atoms with E-state index in [1.165, 1.54) is 50.1 Å². The minimum absolute atomic E-state index is 0. The van der Waals surface area contributed by atoms with E-state index in [0.29, 0.717) is 0 Å². The Morgan fingerprint density at radius 1 is 0.261 bits per heavy atom. The van der Waals surface area contributed by atoms with Gasteiger partial charge >= 0.3 is 58.4 Å². The molecule has 0 unspecified atom stereocenters. The van der Waals surface area contributed by atoms with Crippen molar-refractivity contribution in [2.24, 2.45) is 0 Å². The number of hydrogen-bond acceptors (Lipinski definition) is 6. The standard InChI is InChI=1S/C23H19N2.2C21H15N2.C12H10N.2C11H8N.3Rh/c1-17-23(18(2)25(24-17)22-11-7-4-8-12-22)21-15-13-20(14-16-21)19-9-5-3-6-10-19;2*1-3-7-17(8-4-1)18-11-13-19(14-12-18)20-15-22-23(16-20)21-9-5-2-6-10-21;1-10-5-7-11(8-6-10)12-4-2-3-9-13-12;2*1-2-6-10(7-3-1)11-8-4-5-9-12-11;;;/h3-11,13-16H,1-2H3;2*1-9,11-16H;2-7,9H,1H3;2*1-6,8-9H;;;/q6*-1;3*+2. The van der Waals surface area contributed by atoms with Gasteiger partial charge in [0.2, 0.25) is 0 Å². The summed E-state index contributed by atoms with van der Waals surface area (Å²) < 4.78 is 5.66. The van der Waals surface area contributed by atoms with Gasteiger partial charge in [-0.05, 0) is 116 Å². The molecule has 12 heteroatoms. The van der Waals surface area contributed by atoms with Crippen LogP contribution in [0.5, 0.6) is 0 Å². The summed E-state index contributed by atoms with van der Waals surface area (Å²) in [5, 5.41) is 13.6. The second-order valence-corrected chi connectivity index (χ2v) is 24.9. The molecule has 0 saturated heterocycles. The predicted octanol–water partition coefficient (Wildman–Crippen LogP) is 23.6. The zero-order valence-corrected chi connectivity index (χ0v) is 66.0. The Bertz CT molecular complexity index is 5310. The van der Waals surface area contributed by atoms with Gasteiger partial charge < -0.3 is 15.0 Å². The smallest absolute Gasteiger partial charge is 0.305 e. The Kier molecular flexibility index (Phi) is 31.0. The molecule has 12 aromatic carbocycles. The van der Waals surface area contributed by atoms with Gasteiger partial charge in [-0.3, -0.25) is 14.0 Å². The molecule has 18 aromatic rings. The van der Waals surface area contributed by atoms with Crippen LogP contribution in [0.2, 0.25) is 0 Å².